The summed E-state index contributed by atoms with van der Waals surface area (Å²) in [5.41, 5.74) is -2.40. The van der Waals surface area contributed by atoms with Gasteiger partial charge in [0.2, 0.25) is 0 Å². The van der Waals surface area contributed by atoms with Crippen molar-refractivity contribution in [3.8, 4) is 0 Å². The summed E-state index contributed by atoms with van der Waals surface area (Å²) in [6.07, 6.45) is 0.711. The minimum Gasteiger partial charge on any atom is -0.465 e. The van der Waals surface area contributed by atoms with Gasteiger partial charge in [-0.05, 0) is 13.3 Å². The van der Waals surface area contributed by atoms with Crippen LogP contribution in [0.5, 0.6) is 0 Å². The van der Waals surface area contributed by atoms with Gasteiger partial charge in [-0.2, -0.15) is 0 Å². The molecule has 112 valence electrons. The van der Waals surface area contributed by atoms with Gasteiger partial charge < -0.3 is 19.3 Å². The molecule has 0 unspecified atom stereocenters. The SMILES string of the molecule is CC(=O)OC[C@@]12CO[C@@]3(C)C[C@@H](OC(C)=O)[C@@H]1C[C@@]23O. The minimum absolute atomic E-state index is 0.0219. The molecule has 0 aromatic heterocycles. The molecule has 1 N–H and O–H groups in total. The molecule has 4 rings (SSSR count). The van der Waals surface area contributed by atoms with E-state index in [1.807, 2.05) is 6.92 Å². The maximum Gasteiger partial charge on any atom is 0.302 e. The quantitative estimate of drug-likeness (QED) is 0.756. The van der Waals surface area contributed by atoms with E-state index < -0.39 is 16.6 Å². The lowest BCUT2D eigenvalue weighted by molar-refractivity contribution is -0.298. The minimum atomic E-state index is -1.00. The molecule has 1 heterocycles. The van der Waals surface area contributed by atoms with Crippen molar-refractivity contribution < 1.29 is 28.9 Å². The van der Waals surface area contributed by atoms with Crippen LogP contribution in [0.15, 0.2) is 0 Å². The number of rotatable bonds is 3. The normalized spacial score (nSPS) is 48.4. The van der Waals surface area contributed by atoms with Gasteiger partial charge in [0.15, 0.2) is 0 Å². The number of esters is 2. The van der Waals surface area contributed by atoms with Gasteiger partial charge in [-0.1, -0.05) is 0 Å². The first-order valence-electron chi connectivity index (χ1n) is 6.91. The number of carbonyl (C=O) groups excluding carboxylic acids is 2. The summed E-state index contributed by atoms with van der Waals surface area (Å²) < 4.78 is 16.4. The zero-order valence-electron chi connectivity index (χ0n) is 12.0. The van der Waals surface area contributed by atoms with Crippen LogP contribution in [0, 0.1) is 11.3 Å². The summed E-state index contributed by atoms with van der Waals surface area (Å²) in [7, 11) is 0. The molecule has 4 fully saturated rings. The predicted molar refractivity (Wildman–Crippen MR) is 66.7 cm³/mol. The Hall–Kier alpha value is -1.14. The molecule has 0 amide bonds. The average molecular weight is 284 g/mol. The largest absolute Gasteiger partial charge is 0.465 e. The summed E-state index contributed by atoms with van der Waals surface area (Å²) in [6.45, 7) is 5.00. The third kappa shape index (κ3) is 1.46. The van der Waals surface area contributed by atoms with Crippen molar-refractivity contribution in [3.63, 3.8) is 0 Å². The van der Waals surface area contributed by atoms with E-state index in [2.05, 4.69) is 0 Å². The van der Waals surface area contributed by atoms with Gasteiger partial charge in [0.25, 0.3) is 0 Å². The Morgan fingerprint density at radius 2 is 2.00 bits per heavy atom. The van der Waals surface area contributed by atoms with Crippen LogP contribution in [-0.4, -0.2) is 47.6 Å². The molecular formula is C14H20O6. The smallest absolute Gasteiger partial charge is 0.302 e. The summed E-state index contributed by atoms with van der Waals surface area (Å²) in [6, 6.07) is 0. The zero-order valence-corrected chi connectivity index (χ0v) is 12.0. The van der Waals surface area contributed by atoms with Crippen molar-refractivity contribution >= 4 is 11.9 Å². The van der Waals surface area contributed by atoms with Gasteiger partial charge in [-0.3, -0.25) is 9.59 Å². The first-order valence-corrected chi connectivity index (χ1v) is 6.91. The Morgan fingerprint density at radius 3 is 2.60 bits per heavy atom. The number of hydrogen-bond acceptors (Lipinski definition) is 6. The number of carbonyl (C=O) groups is 2. The maximum atomic E-state index is 11.3. The highest BCUT2D eigenvalue weighted by Gasteiger charge is 2.82. The van der Waals surface area contributed by atoms with E-state index in [4.69, 9.17) is 14.2 Å². The van der Waals surface area contributed by atoms with Gasteiger partial charge >= 0.3 is 11.9 Å². The lowest BCUT2D eigenvalue weighted by atomic mass is 9.41. The number of hydrogen-bond donors (Lipinski definition) is 1. The highest BCUT2D eigenvalue weighted by Crippen LogP contribution is 2.71. The summed E-state index contributed by atoms with van der Waals surface area (Å²) in [4.78, 5) is 22.3. The first kappa shape index (κ1) is 13.8. The van der Waals surface area contributed by atoms with Crippen LogP contribution in [0.4, 0.5) is 0 Å². The topological polar surface area (TPSA) is 82.1 Å². The Bertz CT molecular complexity index is 476. The molecule has 0 aromatic rings. The summed E-state index contributed by atoms with van der Waals surface area (Å²) in [5, 5.41) is 11.0. The molecule has 6 nitrogen and oxygen atoms in total. The first-order chi connectivity index (χ1) is 9.24. The van der Waals surface area contributed by atoms with Crippen molar-refractivity contribution in [2.75, 3.05) is 13.2 Å². The molecule has 6 heteroatoms. The molecule has 5 atom stereocenters. The monoisotopic (exact) mass is 284 g/mol. The van der Waals surface area contributed by atoms with Crippen molar-refractivity contribution in [3.05, 3.63) is 0 Å². The van der Waals surface area contributed by atoms with Crippen LogP contribution < -0.4 is 0 Å². The van der Waals surface area contributed by atoms with Crippen LogP contribution in [-0.2, 0) is 23.8 Å². The molecule has 1 aliphatic heterocycles. The third-order valence-electron chi connectivity index (χ3n) is 5.46. The van der Waals surface area contributed by atoms with E-state index >= 15 is 0 Å². The summed E-state index contributed by atoms with van der Waals surface area (Å²) in [5.74, 6) is -0.741. The third-order valence-corrected chi connectivity index (χ3v) is 5.46. The van der Waals surface area contributed by atoms with Gasteiger partial charge in [0.1, 0.15) is 18.3 Å². The molecule has 4 bridgehead atoms. The fourth-order valence-electron chi connectivity index (χ4n) is 4.35. The van der Waals surface area contributed by atoms with E-state index in [1.54, 1.807) is 0 Å². The van der Waals surface area contributed by atoms with Crippen LogP contribution in [0.3, 0.4) is 0 Å². The van der Waals surface area contributed by atoms with E-state index in [9.17, 15) is 14.7 Å². The predicted octanol–water partition coefficient (Wildman–Crippen LogP) is 0.411. The van der Waals surface area contributed by atoms with Gasteiger partial charge in [0, 0.05) is 26.2 Å². The Labute approximate surface area is 117 Å². The number of aliphatic hydroxyl groups is 1. The van der Waals surface area contributed by atoms with Crippen LogP contribution in [0.1, 0.15) is 33.6 Å². The van der Waals surface area contributed by atoms with E-state index in [0.717, 1.165) is 0 Å². The second-order valence-electron chi connectivity index (χ2n) is 6.48. The highest BCUT2D eigenvalue weighted by atomic mass is 16.6. The second kappa shape index (κ2) is 3.95. The lowest BCUT2D eigenvalue weighted by Gasteiger charge is -2.66. The van der Waals surface area contributed by atoms with E-state index in [-0.39, 0.29) is 30.6 Å². The molecule has 0 radical (unpaired) electrons. The molecule has 0 aromatic carbocycles. The van der Waals surface area contributed by atoms with E-state index in [0.29, 0.717) is 19.4 Å². The lowest BCUT2D eigenvalue weighted by Crippen LogP contribution is -2.77. The Balaban J connectivity index is 1.90. The molecule has 1 saturated heterocycles. The number of fused-ring (bicyclic) bond motifs is 1. The van der Waals surface area contributed by atoms with Crippen molar-refractivity contribution in [2.45, 2.75) is 50.9 Å². The molecule has 20 heavy (non-hydrogen) atoms. The van der Waals surface area contributed by atoms with E-state index in [1.165, 1.54) is 13.8 Å². The molecule has 3 saturated carbocycles. The van der Waals surface area contributed by atoms with Gasteiger partial charge in [0.05, 0.1) is 17.6 Å². The molecule has 0 spiro atoms. The zero-order chi connectivity index (χ0) is 14.8. The van der Waals surface area contributed by atoms with Crippen LogP contribution in [0.25, 0.3) is 0 Å². The fourth-order valence-corrected chi connectivity index (χ4v) is 4.35. The van der Waals surface area contributed by atoms with Crippen LogP contribution in [0.2, 0.25) is 0 Å². The van der Waals surface area contributed by atoms with Crippen molar-refractivity contribution in [2.24, 2.45) is 11.3 Å². The second-order valence-corrected chi connectivity index (χ2v) is 6.48. The number of ether oxygens (including phenoxy) is 3. The fraction of sp³-hybridized carbons (Fsp3) is 0.857. The maximum absolute atomic E-state index is 11.3. The standard InChI is InChI=1S/C14H20O6/c1-8(15)18-6-13-7-19-12(3)5-11(20-9(2)16)10(13)4-14(12,13)17/h10-11,17H,4-7H2,1-3H3/t10-,11+,12-,13+,14-/m0/s1. The Kier molecular flexibility index (Phi) is 2.73. The van der Waals surface area contributed by atoms with Gasteiger partial charge in [-0.25, -0.2) is 0 Å². The van der Waals surface area contributed by atoms with Crippen molar-refractivity contribution in [1.82, 2.24) is 0 Å². The molecule has 4 aliphatic rings. The average Bonchev–Trinajstić information content (AvgIpc) is 2.42. The van der Waals surface area contributed by atoms with Crippen LogP contribution >= 0.6 is 0 Å². The van der Waals surface area contributed by atoms with Gasteiger partial charge in [-0.15, -0.1) is 0 Å². The summed E-state index contributed by atoms with van der Waals surface area (Å²) >= 11 is 0. The highest BCUT2D eigenvalue weighted by molar-refractivity contribution is 5.66. The Morgan fingerprint density at radius 1 is 1.30 bits per heavy atom. The molecule has 3 aliphatic carbocycles. The van der Waals surface area contributed by atoms with Crippen molar-refractivity contribution in [1.29, 1.82) is 0 Å². The molecular weight excluding hydrogens is 264 g/mol.